The number of likely N-dealkylation sites (tertiary alicyclic amines) is 1. The fourth-order valence-corrected chi connectivity index (χ4v) is 6.37. The van der Waals surface area contributed by atoms with Crippen molar-refractivity contribution in [3.05, 3.63) is 62.7 Å². The Morgan fingerprint density at radius 2 is 1.89 bits per heavy atom. The Hall–Kier alpha value is -3.33. The molecule has 1 fully saturated rings. The molecule has 1 heterocycles. The average Bonchev–Trinajstić information content (AvgIpc) is 3.06. The number of hydrogen-bond acceptors (Lipinski definition) is 6. The van der Waals surface area contributed by atoms with E-state index in [-0.39, 0.29) is 43.1 Å². The first-order valence-corrected chi connectivity index (χ1v) is 12.1. The minimum atomic E-state index is -1.11. The van der Waals surface area contributed by atoms with Crippen LogP contribution in [0.5, 0.6) is 5.75 Å². The number of carboxylic acid groups (broad SMARTS) is 1. The monoisotopic (exact) mass is 539 g/mol. The lowest BCUT2D eigenvalue weighted by atomic mass is 9.59. The largest absolute Gasteiger partial charge is 0.508 e. The Kier molecular flexibility index (Phi) is 5.62. The number of imide groups is 1. The summed E-state index contributed by atoms with van der Waals surface area (Å²) in [5.41, 5.74) is 2.09. The summed E-state index contributed by atoms with van der Waals surface area (Å²) in [6.45, 7) is 1.37. The SMILES string of the molecule is CC1=CC(=O)C2=C(CC3C(=CCC4C(=O)N(CCC(=O)O)C(=O)C43)C2c2cc(Br)ccc2O)C1=O. The van der Waals surface area contributed by atoms with E-state index >= 15 is 0 Å². The van der Waals surface area contributed by atoms with Gasteiger partial charge in [-0.3, -0.25) is 28.9 Å². The van der Waals surface area contributed by atoms with Crippen molar-refractivity contribution >= 4 is 45.3 Å². The second kappa shape index (κ2) is 8.41. The van der Waals surface area contributed by atoms with Crippen LogP contribution < -0.4 is 0 Å². The molecule has 2 amide bonds. The number of Topliss-reactive ketones (excluding diaryl/α,β-unsaturated/α-hetero) is 1. The van der Waals surface area contributed by atoms with Crippen LogP contribution in [0.3, 0.4) is 0 Å². The van der Waals surface area contributed by atoms with E-state index in [0.29, 0.717) is 26.8 Å². The predicted octanol–water partition coefficient (Wildman–Crippen LogP) is 3.06. The highest BCUT2D eigenvalue weighted by molar-refractivity contribution is 9.10. The maximum Gasteiger partial charge on any atom is 0.305 e. The van der Waals surface area contributed by atoms with E-state index in [1.807, 2.05) is 6.08 Å². The highest BCUT2D eigenvalue weighted by Gasteiger charge is 2.56. The van der Waals surface area contributed by atoms with Gasteiger partial charge in [0.1, 0.15) is 5.75 Å². The Morgan fingerprint density at radius 3 is 2.60 bits per heavy atom. The summed E-state index contributed by atoms with van der Waals surface area (Å²) in [6.07, 6.45) is 3.22. The summed E-state index contributed by atoms with van der Waals surface area (Å²) in [7, 11) is 0. The van der Waals surface area contributed by atoms with Crippen LogP contribution in [-0.2, 0) is 24.0 Å². The quantitative estimate of drug-likeness (QED) is 0.341. The molecular formula is C26H22BrNO7. The normalized spacial score (nSPS) is 27.9. The van der Waals surface area contributed by atoms with Crippen LogP contribution in [0.1, 0.15) is 37.7 Å². The van der Waals surface area contributed by atoms with Gasteiger partial charge in [0.15, 0.2) is 11.6 Å². The second-order valence-electron chi connectivity index (χ2n) is 9.40. The number of amides is 2. The van der Waals surface area contributed by atoms with Crippen molar-refractivity contribution in [2.75, 3.05) is 6.54 Å². The van der Waals surface area contributed by atoms with Crippen LogP contribution in [0, 0.1) is 17.8 Å². The lowest BCUT2D eigenvalue weighted by molar-refractivity contribution is -0.142. The van der Waals surface area contributed by atoms with Crippen molar-refractivity contribution in [2.24, 2.45) is 17.8 Å². The van der Waals surface area contributed by atoms with Gasteiger partial charge in [0.2, 0.25) is 11.8 Å². The van der Waals surface area contributed by atoms with Crippen molar-refractivity contribution in [3.8, 4) is 5.75 Å². The van der Waals surface area contributed by atoms with Gasteiger partial charge >= 0.3 is 5.97 Å². The standard InChI is InChI=1S/C26H22BrNO7/c1-11-8-19(30)23-17(24(11)33)10-15-13(21(23)16-9-12(27)2-5-18(16)29)3-4-14-22(15)26(35)28(25(14)34)7-6-20(31)32/h2-3,5,8-9,14-15,21-22,29H,4,6-7,10H2,1H3,(H,31,32). The van der Waals surface area contributed by atoms with Gasteiger partial charge in [-0.05, 0) is 50.0 Å². The molecule has 2 N–H and O–H groups in total. The van der Waals surface area contributed by atoms with E-state index in [1.54, 1.807) is 19.1 Å². The molecule has 0 spiro atoms. The fraction of sp³-hybridized carbons (Fsp3) is 0.346. The average molecular weight is 540 g/mol. The summed E-state index contributed by atoms with van der Waals surface area (Å²) < 4.78 is 0.678. The Labute approximate surface area is 209 Å². The van der Waals surface area contributed by atoms with Gasteiger partial charge in [-0.2, -0.15) is 0 Å². The number of ketones is 2. The minimum absolute atomic E-state index is 0.0443. The molecule has 35 heavy (non-hydrogen) atoms. The lowest BCUT2D eigenvalue weighted by Crippen LogP contribution is -2.40. The minimum Gasteiger partial charge on any atom is -0.508 e. The van der Waals surface area contributed by atoms with Gasteiger partial charge in [-0.1, -0.05) is 27.6 Å². The molecule has 4 aliphatic rings. The number of carbonyl (C=O) groups excluding carboxylic acids is 4. The van der Waals surface area contributed by atoms with E-state index in [2.05, 4.69) is 15.9 Å². The van der Waals surface area contributed by atoms with E-state index in [4.69, 9.17) is 5.11 Å². The first kappa shape index (κ1) is 23.4. The number of phenols is 1. The molecule has 4 unspecified atom stereocenters. The van der Waals surface area contributed by atoms with E-state index < -0.39 is 41.5 Å². The molecule has 3 aliphatic carbocycles. The number of carboxylic acids is 1. The third kappa shape index (κ3) is 3.60. The number of allylic oxidation sites excluding steroid dienone is 6. The fourth-order valence-electron chi connectivity index (χ4n) is 5.99. The van der Waals surface area contributed by atoms with Crippen LogP contribution in [0.4, 0.5) is 0 Å². The summed E-state index contributed by atoms with van der Waals surface area (Å²) in [6, 6.07) is 4.87. The van der Waals surface area contributed by atoms with Gasteiger partial charge in [0.05, 0.1) is 18.3 Å². The van der Waals surface area contributed by atoms with Crippen molar-refractivity contribution in [1.29, 1.82) is 0 Å². The number of phenolic OH excluding ortho intramolecular Hbond substituents is 1. The molecule has 1 aliphatic heterocycles. The Balaban J connectivity index is 1.65. The predicted molar refractivity (Wildman–Crippen MR) is 126 cm³/mol. The third-order valence-electron chi connectivity index (χ3n) is 7.50. The third-order valence-corrected chi connectivity index (χ3v) is 8.00. The van der Waals surface area contributed by atoms with Crippen LogP contribution in [0.2, 0.25) is 0 Å². The van der Waals surface area contributed by atoms with Crippen molar-refractivity contribution in [1.82, 2.24) is 4.90 Å². The highest BCUT2D eigenvalue weighted by Crippen LogP contribution is 2.56. The van der Waals surface area contributed by atoms with Gasteiger partial charge in [0, 0.05) is 39.2 Å². The summed E-state index contributed by atoms with van der Waals surface area (Å²) in [5, 5.41) is 19.8. The molecule has 0 radical (unpaired) electrons. The Bertz CT molecular complexity index is 1320. The molecular weight excluding hydrogens is 518 g/mol. The molecule has 0 bridgehead atoms. The van der Waals surface area contributed by atoms with Gasteiger partial charge in [0.25, 0.3) is 0 Å². The smallest absolute Gasteiger partial charge is 0.305 e. The number of fused-ring (bicyclic) bond motifs is 3. The molecule has 8 nitrogen and oxygen atoms in total. The zero-order chi connectivity index (χ0) is 25.2. The molecule has 0 aromatic heterocycles. The highest BCUT2D eigenvalue weighted by atomic mass is 79.9. The number of aliphatic carboxylic acids is 1. The first-order chi connectivity index (χ1) is 16.6. The molecule has 1 saturated heterocycles. The zero-order valence-corrected chi connectivity index (χ0v) is 20.4. The summed E-state index contributed by atoms with van der Waals surface area (Å²) in [5.74, 6) is -5.24. The summed E-state index contributed by atoms with van der Waals surface area (Å²) in [4.78, 5) is 64.9. The van der Waals surface area contributed by atoms with Gasteiger partial charge in [-0.25, -0.2) is 0 Å². The number of hydrogen-bond donors (Lipinski definition) is 2. The van der Waals surface area contributed by atoms with Gasteiger partial charge < -0.3 is 10.2 Å². The van der Waals surface area contributed by atoms with Crippen LogP contribution in [0.15, 0.2) is 57.1 Å². The number of halogens is 1. The molecule has 5 rings (SSSR count). The first-order valence-electron chi connectivity index (χ1n) is 11.4. The summed E-state index contributed by atoms with van der Waals surface area (Å²) >= 11 is 3.41. The van der Waals surface area contributed by atoms with Crippen molar-refractivity contribution in [3.63, 3.8) is 0 Å². The number of rotatable bonds is 4. The molecule has 1 aromatic carbocycles. The molecule has 1 aromatic rings. The van der Waals surface area contributed by atoms with Crippen LogP contribution >= 0.6 is 15.9 Å². The molecule has 9 heteroatoms. The second-order valence-corrected chi connectivity index (χ2v) is 10.3. The maximum atomic E-state index is 13.4. The van der Waals surface area contributed by atoms with Crippen LogP contribution in [0.25, 0.3) is 0 Å². The van der Waals surface area contributed by atoms with E-state index in [1.165, 1.54) is 12.1 Å². The number of benzene rings is 1. The van der Waals surface area contributed by atoms with Crippen molar-refractivity contribution in [2.45, 2.75) is 32.1 Å². The lowest BCUT2D eigenvalue weighted by Gasteiger charge is -2.42. The molecule has 180 valence electrons. The molecule has 4 atom stereocenters. The molecule has 0 saturated carbocycles. The van der Waals surface area contributed by atoms with E-state index in [9.17, 15) is 29.1 Å². The van der Waals surface area contributed by atoms with Crippen molar-refractivity contribution < 1.29 is 34.2 Å². The number of aromatic hydroxyl groups is 1. The number of carbonyl (C=O) groups is 5. The maximum absolute atomic E-state index is 13.4. The Morgan fingerprint density at radius 1 is 1.14 bits per heavy atom. The topological polar surface area (TPSA) is 129 Å². The van der Waals surface area contributed by atoms with E-state index in [0.717, 1.165) is 10.5 Å². The van der Waals surface area contributed by atoms with Crippen LogP contribution in [-0.4, -0.2) is 51.0 Å². The van der Waals surface area contributed by atoms with Gasteiger partial charge in [-0.15, -0.1) is 0 Å². The number of nitrogens with zero attached hydrogens (tertiary/aromatic N) is 1. The zero-order valence-electron chi connectivity index (χ0n) is 18.8.